The minimum atomic E-state index is -4.10. The molecule has 3 rings (SSSR count). The number of anilines is 1. The molecule has 30 heavy (non-hydrogen) atoms. The van der Waals surface area contributed by atoms with Gasteiger partial charge in [-0.25, -0.2) is 22.3 Å². The van der Waals surface area contributed by atoms with Gasteiger partial charge in [-0.2, -0.15) is 0 Å². The van der Waals surface area contributed by atoms with Gasteiger partial charge in [0.2, 0.25) is 10.0 Å². The van der Waals surface area contributed by atoms with Crippen LogP contribution < -0.4 is 4.31 Å². The molecule has 1 atom stereocenters. The Morgan fingerprint density at radius 1 is 1.00 bits per heavy atom. The summed E-state index contributed by atoms with van der Waals surface area (Å²) >= 11 is 5.96. The first-order valence-corrected chi connectivity index (χ1v) is 11.5. The number of halogens is 1. The highest BCUT2D eigenvalue weighted by molar-refractivity contribution is 7.93. The van der Waals surface area contributed by atoms with Crippen LogP contribution in [0.3, 0.4) is 0 Å². The zero-order chi connectivity index (χ0) is 21.9. The zero-order valence-corrected chi connectivity index (χ0v) is 18.2. The molecule has 1 fully saturated rings. The molecule has 1 heterocycles. The van der Waals surface area contributed by atoms with Crippen molar-refractivity contribution in [3.63, 3.8) is 0 Å². The van der Waals surface area contributed by atoms with Crippen LogP contribution >= 0.6 is 11.6 Å². The summed E-state index contributed by atoms with van der Waals surface area (Å²) in [6, 6.07) is 14.4. The van der Waals surface area contributed by atoms with Crippen LogP contribution in [-0.2, 0) is 29.1 Å². The van der Waals surface area contributed by atoms with Crippen LogP contribution in [0.4, 0.5) is 5.69 Å². The maximum atomic E-state index is 13.4. The molecule has 160 valence electrons. The second-order valence-electron chi connectivity index (χ2n) is 6.69. The first-order chi connectivity index (χ1) is 14.3. The van der Waals surface area contributed by atoms with Crippen LogP contribution in [0.2, 0.25) is 5.02 Å². The van der Waals surface area contributed by atoms with Gasteiger partial charge in [-0.15, -0.1) is 0 Å². The van der Waals surface area contributed by atoms with Crippen molar-refractivity contribution >= 4 is 39.3 Å². The van der Waals surface area contributed by atoms with Crippen molar-refractivity contribution in [1.82, 2.24) is 0 Å². The van der Waals surface area contributed by atoms with Gasteiger partial charge in [0, 0.05) is 10.9 Å². The number of nitrogens with zero attached hydrogens (tertiary/aromatic N) is 1. The van der Waals surface area contributed by atoms with Gasteiger partial charge in [0.15, 0.2) is 0 Å². The first kappa shape index (κ1) is 22.1. The van der Waals surface area contributed by atoms with Gasteiger partial charge in [0.25, 0.3) is 5.54 Å². The Labute approximate surface area is 180 Å². The molecule has 0 saturated carbocycles. The molecule has 2 aromatic rings. The van der Waals surface area contributed by atoms with E-state index in [-0.39, 0.29) is 18.9 Å². The minimum Gasteiger partial charge on any atom is -0.464 e. The Balaban J connectivity index is 2.34. The van der Waals surface area contributed by atoms with Crippen LogP contribution in [0.5, 0.6) is 0 Å². The van der Waals surface area contributed by atoms with E-state index in [1.807, 2.05) is 0 Å². The smallest absolute Gasteiger partial charge is 0.345 e. The van der Waals surface area contributed by atoms with E-state index in [0.29, 0.717) is 10.6 Å². The highest BCUT2D eigenvalue weighted by atomic mass is 35.5. The predicted molar refractivity (Wildman–Crippen MR) is 113 cm³/mol. The molecule has 0 aromatic heterocycles. The Morgan fingerprint density at radius 3 is 2.03 bits per heavy atom. The lowest BCUT2D eigenvalue weighted by atomic mass is 9.79. The topological polar surface area (TPSA) is 90.0 Å². The molecule has 1 aliphatic rings. The predicted octanol–water partition coefficient (Wildman–Crippen LogP) is 3.14. The highest BCUT2D eigenvalue weighted by Crippen LogP contribution is 2.47. The summed E-state index contributed by atoms with van der Waals surface area (Å²) in [6.45, 7) is 3.11. The van der Waals surface area contributed by atoms with E-state index in [1.165, 1.54) is 24.3 Å². The van der Waals surface area contributed by atoms with E-state index in [1.54, 1.807) is 44.2 Å². The third-order valence-corrected chi connectivity index (χ3v) is 6.98. The van der Waals surface area contributed by atoms with Crippen molar-refractivity contribution in [3.05, 3.63) is 65.2 Å². The maximum absolute atomic E-state index is 13.4. The monoisotopic (exact) mass is 451 g/mol. The minimum absolute atomic E-state index is 0.0317. The average molecular weight is 452 g/mol. The number of esters is 2. The van der Waals surface area contributed by atoms with Crippen molar-refractivity contribution < 1.29 is 27.5 Å². The second-order valence-corrected chi connectivity index (χ2v) is 8.99. The van der Waals surface area contributed by atoms with Crippen molar-refractivity contribution in [2.24, 2.45) is 0 Å². The fourth-order valence-electron chi connectivity index (χ4n) is 3.75. The SMILES string of the molecule is CCOC(=O)C1(C(=O)OCC)C(c2ccccc2)CS(=O)(=O)N1c1ccc(Cl)cc1. The molecule has 0 amide bonds. The van der Waals surface area contributed by atoms with Crippen LogP contribution in [-0.4, -0.2) is 44.9 Å². The molecule has 2 aromatic carbocycles. The summed E-state index contributed by atoms with van der Waals surface area (Å²) in [6.07, 6.45) is 0. The molecule has 1 unspecified atom stereocenters. The Morgan fingerprint density at radius 2 is 1.53 bits per heavy atom. The van der Waals surface area contributed by atoms with E-state index < -0.39 is 39.2 Å². The average Bonchev–Trinajstić information content (AvgIpc) is 2.98. The number of benzene rings is 2. The fourth-order valence-corrected chi connectivity index (χ4v) is 6.03. The van der Waals surface area contributed by atoms with Gasteiger partial charge in [-0.3, -0.25) is 0 Å². The molecule has 0 spiro atoms. The van der Waals surface area contributed by atoms with E-state index >= 15 is 0 Å². The number of rotatable bonds is 6. The summed E-state index contributed by atoms with van der Waals surface area (Å²) < 4.78 is 38.0. The Kier molecular flexibility index (Phi) is 6.38. The van der Waals surface area contributed by atoms with Crippen molar-refractivity contribution in [2.45, 2.75) is 25.3 Å². The third-order valence-electron chi connectivity index (χ3n) is 4.92. The van der Waals surface area contributed by atoms with Crippen LogP contribution in [0.25, 0.3) is 0 Å². The lowest BCUT2D eigenvalue weighted by Crippen LogP contribution is -2.62. The summed E-state index contributed by atoms with van der Waals surface area (Å²) in [5.74, 6) is -3.45. The van der Waals surface area contributed by atoms with Crippen molar-refractivity contribution in [1.29, 1.82) is 0 Å². The maximum Gasteiger partial charge on any atom is 0.345 e. The summed E-state index contributed by atoms with van der Waals surface area (Å²) in [4.78, 5) is 26.7. The van der Waals surface area contributed by atoms with Gasteiger partial charge in [0.05, 0.1) is 24.7 Å². The molecule has 0 N–H and O–H groups in total. The second kappa shape index (κ2) is 8.65. The van der Waals surface area contributed by atoms with Gasteiger partial charge in [-0.05, 0) is 43.7 Å². The molecule has 1 aliphatic heterocycles. The quantitative estimate of drug-likeness (QED) is 0.495. The van der Waals surface area contributed by atoms with Crippen molar-refractivity contribution in [2.75, 3.05) is 23.3 Å². The number of sulfonamides is 1. The molecule has 0 aliphatic carbocycles. The van der Waals surface area contributed by atoms with Crippen LogP contribution in [0.1, 0.15) is 25.3 Å². The van der Waals surface area contributed by atoms with Crippen molar-refractivity contribution in [3.8, 4) is 0 Å². The van der Waals surface area contributed by atoms with E-state index in [2.05, 4.69) is 0 Å². The van der Waals surface area contributed by atoms with E-state index in [4.69, 9.17) is 21.1 Å². The standard InChI is InChI=1S/C21H22ClNO6S/c1-3-28-19(24)21(20(25)29-4-2)18(15-8-6-5-7-9-15)14-30(26,27)23(21)17-12-10-16(22)11-13-17/h5-13,18H,3-4,14H2,1-2H3. The molecular formula is C21H22ClNO6S. The molecule has 7 nitrogen and oxygen atoms in total. The first-order valence-electron chi connectivity index (χ1n) is 9.47. The lowest BCUT2D eigenvalue weighted by Gasteiger charge is -2.37. The Hall–Kier alpha value is -2.58. The van der Waals surface area contributed by atoms with Gasteiger partial charge < -0.3 is 9.47 Å². The van der Waals surface area contributed by atoms with Crippen LogP contribution in [0.15, 0.2) is 54.6 Å². The third kappa shape index (κ3) is 3.65. The Bertz CT molecular complexity index is 1010. The zero-order valence-electron chi connectivity index (χ0n) is 16.6. The van der Waals surface area contributed by atoms with Crippen LogP contribution in [0, 0.1) is 0 Å². The van der Waals surface area contributed by atoms with Gasteiger partial charge >= 0.3 is 11.9 Å². The number of carbonyl (C=O) groups excluding carboxylic acids is 2. The molecule has 0 radical (unpaired) electrons. The molecule has 0 bridgehead atoms. The summed E-state index contributed by atoms with van der Waals surface area (Å²) in [5, 5.41) is 0.382. The fraction of sp³-hybridized carbons (Fsp3) is 0.333. The number of hydrogen-bond acceptors (Lipinski definition) is 6. The number of hydrogen-bond donors (Lipinski definition) is 0. The van der Waals surface area contributed by atoms with Gasteiger partial charge in [0.1, 0.15) is 0 Å². The molecule has 1 saturated heterocycles. The summed E-state index contributed by atoms with van der Waals surface area (Å²) in [7, 11) is -4.10. The molecule has 9 heteroatoms. The lowest BCUT2D eigenvalue weighted by molar-refractivity contribution is -0.164. The van der Waals surface area contributed by atoms with Gasteiger partial charge in [-0.1, -0.05) is 41.9 Å². The number of ether oxygens (including phenoxy) is 2. The van der Waals surface area contributed by atoms with E-state index in [0.717, 1.165) is 4.31 Å². The number of carbonyl (C=O) groups is 2. The molecular weight excluding hydrogens is 430 g/mol. The summed E-state index contributed by atoms with van der Waals surface area (Å²) in [5.41, 5.74) is -1.60. The largest absolute Gasteiger partial charge is 0.464 e. The van der Waals surface area contributed by atoms with E-state index in [9.17, 15) is 18.0 Å². The normalized spacial score (nSPS) is 19.3. The highest BCUT2D eigenvalue weighted by Gasteiger charge is 2.68.